The molecule has 0 aromatic heterocycles. The van der Waals surface area contributed by atoms with Crippen molar-refractivity contribution in [1.29, 1.82) is 0 Å². The van der Waals surface area contributed by atoms with Crippen LogP contribution in [0.5, 0.6) is 0 Å². The van der Waals surface area contributed by atoms with Gasteiger partial charge in [0.15, 0.2) is 0 Å². The first-order valence-electron chi connectivity index (χ1n) is 6.49. The molecule has 0 spiro atoms. The Bertz CT molecular complexity index is 546. The highest BCUT2D eigenvalue weighted by Gasteiger charge is 2.31. The van der Waals surface area contributed by atoms with Gasteiger partial charge in [-0.05, 0) is 37.1 Å². The second-order valence-corrected chi connectivity index (χ2v) is 6.69. The van der Waals surface area contributed by atoms with Crippen molar-refractivity contribution in [3.05, 3.63) is 29.8 Å². The molecule has 2 rings (SSSR count). The molecule has 0 aliphatic heterocycles. The highest BCUT2D eigenvalue weighted by molar-refractivity contribution is 7.89. The number of benzene rings is 1. The van der Waals surface area contributed by atoms with E-state index in [1.165, 1.54) is 0 Å². The first-order valence-corrected chi connectivity index (χ1v) is 7.97. The number of alkyl halides is 3. The summed E-state index contributed by atoms with van der Waals surface area (Å²) in [5.74, 6) is 0. The van der Waals surface area contributed by atoms with E-state index in [1.54, 1.807) is 0 Å². The zero-order valence-electron chi connectivity index (χ0n) is 10.8. The molecule has 0 saturated heterocycles. The lowest BCUT2D eigenvalue weighted by atomic mass is 9.96. The van der Waals surface area contributed by atoms with Gasteiger partial charge in [0.2, 0.25) is 10.0 Å². The molecule has 1 fully saturated rings. The van der Waals surface area contributed by atoms with Gasteiger partial charge in [0, 0.05) is 6.04 Å². The van der Waals surface area contributed by atoms with Gasteiger partial charge in [0.1, 0.15) is 0 Å². The molecule has 1 aliphatic rings. The Kier molecular flexibility index (Phi) is 4.39. The Hall–Kier alpha value is -1.08. The van der Waals surface area contributed by atoms with E-state index in [-0.39, 0.29) is 10.9 Å². The first-order chi connectivity index (χ1) is 9.29. The Morgan fingerprint density at radius 1 is 1.00 bits per heavy atom. The average Bonchev–Trinajstić information content (AvgIpc) is 2.38. The van der Waals surface area contributed by atoms with Crippen LogP contribution in [0.1, 0.15) is 37.7 Å². The highest BCUT2D eigenvalue weighted by atomic mass is 32.2. The zero-order chi connectivity index (χ0) is 14.8. The molecule has 1 saturated carbocycles. The first kappa shape index (κ1) is 15.3. The van der Waals surface area contributed by atoms with Gasteiger partial charge in [-0.1, -0.05) is 19.3 Å². The molecule has 1 aromatic rings. The quantitative estimate of drug-likeness (QED) is 0.931. The van der Waals surface area contributed by atoms with Crippen LogP contribution in [-0.4, -0.2) is 14.5 Å². The Morgan fingerprint density at radius 2 is 1.55 bits per heavy atom. The summed E-state index contributed by atoms with van der Waals surface area (Å²) >= 11 is 0. The van der Waals surface area contributed by atoms with E-state index in [1.807, 2.05) is 0 Å². The number of halogens is 3. The lowest BCUT2D eigenvalue weighted by Crippen LogP contribution is -2.36. The van der Waals surface area contributed by atoms with Gasteiger partial charge in [0.05, 0.1) is 10.5 Å². The predicted molar refractivity (Wildman–Crippen MR) is 68.6 cm³/mol. The lowest BCUT2D eigenvalue weighted by Gasteiger charge is -2.22. The highest BCUT2D eigenvalue weighted by Crippen LogP contribution is 2.29. The minimum absolute atomic E-state index is 0.115. The second-order valence-electron chi connectivity index (χ2n) is 4.98. The third kappa shape index (κ3) is 3.73. The van der Waals surface area contributed by atoms with Crippen LogP contribution in [0.2, 0.25) is 0 Å². The van der Waals surface area contributed by atoms with Gasteiger partial charge >= 0.3 is 6.18 Å². The molecule has 0 atom stereocenters. The summed E-state index contributed by atoms with van der Waals surface area (Å²) in [6, 6.07) is 3.45. The van der Waals surface area contributed by atoms with Crippen LogP contribution in [0.3, 0.4) is 0 Å². The van der Waals surface area contributed by atoms with Gasteiger partial charge in [-0.2, -0.15) is 13.2 Å². The largest absolute Gasteiger partial charge is 0.416 e. The van der Waals surface area contributed by atoms with Crippen LogP contribution in [0.4, 0.5) is 13.2 Å². The Morgan fingerprint density at radius 3 is 2.05 bits per heavy atom. The molecule has 112 valence electrons. The zero-order valence-corrected chi connectivity index (χ0v) is 11.6. The number of rotatable bonds is 3. The van der Waals surface area contributed by atoms with Crippen molar-refractivity contribution in [3.8, 4) is 0 Å². The van der Waals surface area contributed by atoms with E-state index in [0.29, 0.717) is 0 Å². The third-order valence-corrected chi connectivity index (χ3v) is 4.96. The molecular formula is C13H16F3NO2S. The molecule has 3 nitrogen and oxygen atoms in total. The SMILES string of the molecule is O=S(=O)(NC1CCCCC1)c1ccc(C(F)(F)F)cc1. The van der Waals surface area contributed by atoms with E-state index in [0.717, 1.165) is 56.4 Å². The fourth-order valence-corrected chi connectivity index (χ4v) is 3.64. The third-order valence-electron chi connectivity index (χ3n) is 3.42. The second kappa shape index (κ2) is 5.73. The van der Waals surface area contributed by atoms with Crippen molar-refractivity contribution in [3.63, 3.8) is 0 Å². The molecule has 7 heteroatoms. The normalized spacial score (nSPS) is 18.1. The van der Waals surface area contributed by atoms with Crippen molar-refractivity contribution in [1.82, 2.24) is 4.72 Å². The van der Waals surface area contributed by atoms with Crippen molar-refractivity contribution >= 4 is 10.0 Å². The predicted octanol–water partition coefficient (Wildman–Crippen LogP) is 3.32. The fourth-order valence-electron chi connectivity index (χ4n) is 2.33. The maximum atomic E-state index is 12.4. The van der Waals surface area contributed by atoms with E-state index >= 15 is 0 Å². The van der Waals surface area contributed by atoms with Crippen LogP contribution in [0.15, 0.2) is 29.2 Å². The summed E-state index contributed by atoms with van der Waals surface area (Å²) in [6.45, 7) is 0. The standard InChI is InChI=1S/C13H16F3NO2S/c14-13(15,16)10-6-8-12(9-7-10)20(18,19)17-11-4-2-1-3-5-11/h6-9,11,17H,1-5H2. The molecule has 1 N–H and O–H groups in total. The van der Waals surface area contributed by atoms with Gasteiger partial charge in [-0.3, -0.25) is 0 Å². The van der Waals surface area contributed by atoms with Crippen molar-refractivity contribution in [2.75, 3.05) is 0 Å². The summed E-state index contributed by atoms with van der Waals surface area (Å²) in [5.41, 5.74) is -0.853. The van der Waals surface area contributed by atoms with Crippen LogP contribution < -0.4 is 4.72 Å². The molecule has 0 unspecified atom stereocenters. The molecule has 0 heterocycles. The minimum Gasteiger partial charge on any atom is -0.208 e. The summed E-state index contributed by atoms with van der Waals surface area (Å²) in [6.07, 6.45) is 0.137. The smallest absolute Gasteiger partial charge is 0.208 e. The van der Waals surface area contributed by atoms with Gasteiger partial charge in [-0.15, -0.1) is 0 Å². The minimum atomic E-state index is -4.46. The van der Waals surface area contributed by atoms with Gasteiger partial charge in [0.25, 0.3) is 0 Å². The molecule has 0 amide bonds. The number of hydrogen-bond acceptors (Lipinski definition) is 2. The average molecular weight is 307 g/mol. The van der Waals surface area contributed by atoms with Crippen LogP contribution >= 0.6 is 0 Å². The van der Waals surface area contributed by atoms with E-state index in [2.05, 4.69) is 4.72 Å². The van der Waals surface area contributed by atoms with Crippen LogP contribution in [0.25, 0.3) is 0 Å². The molecule has 1 aromatic carbocycles. The maximum absolute atomic E-state index is 12.4. The molecule has 0 radical (unpaired) electrons. The van der Waals surface area contributed by atoms with Crippen LogP contribution in [0, 0.1) is 0 Å². The van der Waals surface area contributed by atoms with Crippen molar-refractivity contribution in [2.45, 2.75) is 49.2 Å². The Balaban J connectivity index is 2.13. The van der Waals surface area contributed by atoms with Crippen molar-refractivity contribution in [2.24, 2.45) is 0 Å². The number of nitrogens with one attached hydrogen (secondary N) is 1. The topological polar surface area (TPSA) is 46.2 Å². The monoisotopic (exact) mass is 307 g/mol. The molecular weight excluding hydrogens is 291 g/mol. The summed E-state index contributed by atoms with van der Waals surface area (Å²) in [4.78, 5) is -0.129. The van der Waals surface area contributed by atoms with E-state index in [9.17, 15) is 21.6 Å². The Labute approximate surface area is 116 Å². The van der Waals surface area contributed by atoms with Gasteiger partial charge < -0.3 is 0 Å². The van der Waals surface area contributed by atoms with Crippen molar-refractivity contribution < 1.29 is 21.6 Å². The van der Waals surface area contributed by atoms with E-state index < -0.39 is 21.8 Å². The summed E-state index contributed by atoms with van der Waals surface area (Å²) < 4.78 is 64.0. The molecule has 20 heavy (non-hydrogen) atoms. The maximum Gasteiger partial charge on any atom is 0.416 e. The fraction of sp³-hybridized carbons (Fsp3) is 0.538. The summed E-state index contributed by atoms with van der Waals surface area (Å²) in [5, 5.41) is 0. The van der Waals surface area contributed by atoms with E-state index in [4.69, 9.17) is 0 Å². The lowest BCUT2D eigenvalue weighted by molar-refractivity contribution is -0.137. The number of sulfonamides is 1. The summed E-state index contributed by atoms with van der Waals surface area (Å²) in [7, 11) is -3.74. The van der Waals surface area contributed by atoms with Crippen LogP contribution in [-0.2, 0) is 16.2 Å². The number of hydrogen-bond donors (Lipinski definition) is 1. The van der Waals surface area contributed by atoms with Gasteiger partial charge in [-0.25, -0.2) is 13.1 Å². The molecule has 1 aliphatic carbocycles. The molecule has 0 bridgehead atoms.